The fourth-order valence-corrected chi connectivity index (χ4v) is 1.88. The molecule has 0 atom stereocenters. The van der Waals surface area contributed by atoms with Gasteiger partial charge in [0.2, 0.25) is 0 Å². The second kappa shape index (κ2) is 9.88. The third-order valence-electron chi connectivity index (χ3n) is 3.00. The average Bonchev–Trinajstić information content (AvgIpc) is 2.53. The number of hydrogen-bond acceptors (Lipinski definition) is 4. The summed E-state index contributed by atoms with van der Waals surface area (Å²) in [7, 11) is 6.75. The molecule has 0 saturated carbocycles. The zero-order valence-corrected chi connectivity index (χ0v) is 13.2. The summed E-state index contributed by atoms with van der Waals surface area (Å²) in [6.07, 6.45) is 0.811. The highest BCUT2D eigenvalue weighted by Crippen LogP contribution is 2.23. The molecule has 0 aromatic heterocycles. The first-order chi connectivity index (χ1) is 10.2. The van der Waals surface area contributed by atoms with E-state index in [0.29, 0.717) is 6.61 Å². The summed E-state index contributed by atoms with van der Waals surface area (Å²) in [4.78, 5) is 4.15. The largest absolute Gasteiger partial charge is 0.497 e. The van der Waals surface area contributed by atoms with Gasteiger partial charge in [-0.25, -0.2) is 0 Å². The fourth-order valence-electron chi connectivity index (χ4n) is 1.88. The van der Waals surface area contributed by atoms with Crippen LogP contribution in [0.5, 0.6) is 11.5 Å². The molecule has 0 aliphatic carbocycles. The highest BCUT2D eigenvalue weighted by atomic mass is 16.5. The van der Waals surface area contributed by atoms with Crippen molar-refractivity contribution in [2.24, 2.45) is 4.99 Å². The van der Waals surface area contributed by atoms with E-state index in [1.807, 2.05) is 18.2 Å². The molecular weight excluding hydrogens is 270 g/mol. The Bertz CT molecular complexity index is 450. The second-order valence-electron chi connectivity index (χ2n) is 4.35. The number of guanidine groups is 1. The lowest BCUT2D eigenvalue weighted by Gasteiger charge is -2.13. The first-order valence-electron chi connectivity index (χ1n) is 6.89. The molecule has 6 nitrogen and oxygen atoms in total. The van der Waals surface area contributed by atoms with Crippen molar-refractivity contribution in [1.29, 1.82) is 0 Å². The number of nitrogens with zero attached hydrogens (tertiary/aromatic N) is 1. The van der Waals surface area contributed by atoms with Crippen LogP contribution < -0.4 is 20.1 Å². The molecule has 0 unspecified atom stereocenters. The van der Waals surface area contributed by atoms with E-state index in [2.05, 4.69) is 15.6 Å². The summed E-state index contributed by atoms with van der Waals surface area (Å²) in [6, 6.07) is 5.79. The van der Waals surface area contributed by atoms with E-state index in [9.17, 15) is 0 Å². The van der Waals surface area contributed by atoms with Crippen molar-refractivity contribution in [1.82, 2.24) is 10.6 Å². The van der Waals surface area contributed by atoms with Gasteiger partial charge in [0.25, 0.3) is 0 Å². The van der Waals surface area contributed by atoms with Crippen LogP contribution in [-0.4, -0.2) is 54.0 Å². The standard InChI is InChI=1S/C15H25N3O3/c1-16-15(18-9-10-19-2)17-8-7-12-11-13(20-3)5-6-14(12)21-4/h5-6,11H,7-10H2,1-4H3,(H2,16,17,18). The van der Waals surface area contributed by atoms with Gasteiger partial charge in [-0.2, -0.15) is 0 Å². The van der Waals surface area contributed by atoms with Gasteiger partial charge in [0, 0.05) is 27.2 Å². The number of rotatable bonds is 8. The highest BCUT2D eigenvalue weighted by Gasteiger charge is 2.05. The molecule has 0 amide bonds. The van der Waals surface area contributed by atoms with Crippen LogP contribution in [0.15, 0.2) is 23.2 Å². The Kier molecular flexibility index (Phi) is 8.04. The van der Waals surface area contributed by atoms with Crippen LogP contribution in [0.2, 0.25) is 0 Å². The minimum atomic E-state index is 0.643. The molecule has 21 heavy (non-hydrogen) atoms. The van der Waals surface area contributed by atoms with E-state index in [1.54, 1.807) is 28.4 Å². The van der Waals surface area contributed by atoms with Crippen LogP contribution in [0.25, 0.3) is 0 Å². The smallest absolute Gasteiger partial charge is 0.191 e. The van der Waals surface area contributed by atoms with E-state index in [0.717, 1.165) is 42.5 Å². The molecule has 0 fully saturated rings. The maximum Gasteiger partial charge on any atom is 0.191 e. The Hall–Kier alpha value is -1.95. The van der Waals surface area contributed by atoms with Gasteiger partial charge in [-0.15, -0.1) is 0 Å². The molecule has 2 N–H and O–H groups in total. The first-order valence-corrected chi connectivity index (χ1v) is 6.89. The SMILES string of the molecule is CN=C(NCCOC)NCCc1cc(OC)ccc1OC. The number of ether oxygens (including phenoxy) is 3. The normalized spacial score (nSPS) is 11.1. The van der Waals surface area contributed by atoms with E-state index >= 15 is 0 Å². The summed E-state index contributed by atoms with van der Waals surface area (Å²) in [5.74, 6) is 2.45. The predicted octanol–water partition coefficient (Wildman–Crippen LogP) is 1.06. The van der Waals surface area contributed by atoms with Gasteiger partial charge in [-0.3, -0.25) is 4.99 Å². The highest BCUT2D eigenvalue weighted by molar-refractivity contribution is 5.79. The summed E-state index contributed by atoms with van der Waals surface area (Å²) in [5, 5.41) is 6.42. The molecule has 118 valence electrons. The molecule has 1 aromatic carbocycles. The molecule has 0 aliphatic rings. The number of hydrogen-bond donors (Lipinski definition) is 2. The van der Waals surface area contributed by atoms with Gasteiger partial charge >= 0.3 is 0 Å². The molecule has 0 aliphatic heterocycles. The predicted molar refractivity (Wildman–Crippen MR) is 84.5 cm³/mol. The average molecular weight is 295 g/mol. The van der Waals surface area contributed by atoms with Gasteiger partial charge in [0.05, 0.1) is 20.8 Å². The van der Waals surface area contributed by atoms with Crippen molar-refractivity contribution in [2.45, 2.75) is 6.42 Å². The van der Waals surface area contributed by atoms with E-state index < -0.39 is 0 Å². The molecule has 1 rings (SSSR count). The van der Waals surface area contributed by atoms with E-state index in [4.69, 9.17) is 14.2 Å². The van der Waals surface area contributed by atoms with E-state index in [1.165, 1.54) is 0 Å². The molecule has 6 heteroatoms. The zero-order valence-electron chi connectivity index (χ0n) is 13.2. The summed E-state index contributed by atoms with van der Waals surface area (Å²) in [6.45, 7) is 2.11. The van der Waals surface area contributed by atoms with Crippen LogP contribution in [-0.2, 0) is 11.2 Å². The molecule has 0 spiro atoms. The summed E-state index contributed by atoms with van der Waals surface area (Å²) in [5.41, 5.74) is 1.09. The van der Waals surface area contributed by atoms with Gasteiger partial charge in [-0.05, 0) is 30.2 Å². The lowest BCUT2D eigenvalue weighted by atomic mass is 10.1. The number of aliphatic imine (C=N–C) groups is 1. The number of methoxy groups -OCH3 is 3. The molecule has 1 aromatic rings. The number of benzene rings is 1. The topological polar surface area (TPSA) is 64.1 Å². The molecular formula is C15H25N3O3. The Morgan fingerprint density at radius 2 is 1.86 bits per heavy atom. The van der Waals surface area contributed by atoms with Crippen LogP contribution in [0.4, 0.5) is 0 Å². The fraction of sp³-hybridized carbons (Fsp3) is 0.533. The molecule has 0 saturated heterocycles. The third kappa shape index (κ3) is 5.91. The van der Waals surface area contributed by atoms with Crippen molar-refractivity contribution in [3.05, 3.63) is 23.8 Å². The van der Waals surface area contributed by atoms with Crippen LogP contribution >= 0.6 is 0 Å². The Morgan fingerprint density at radius 3 is 2.48 bits per heavy atom. The van der Waals surface area contributed by atoms with Crippen LogP contribution in [0, 0.1) is 0 Å². The molecule has 0 heterocycles. The van der Waals surface area contributed by atoms with Gasteiger partial charge in [0.1, 0.15) is 11.5 Å². The minimum absolute atomic E-state index is 0.643. The lowest BCUT2D eigenvalue weighted by Crippen LogP contribution is -2.39. The Morgan fingerprint density at radius 1 is 1.10 bits per heavy atom. The first kappa shape index (κ1) is 17.1. The van der Waals surface area contributed by atoms with Gasteiger partial charge in [-0.1, -0.05) is 0 Å². The Balaban J connectivity index is 2.50. The second-order valence-corrected chi connectivity index (χ2v) is 4.35. The summed E-state index contributed by atoms with van der Waals surface area (Å²) < 4.78 is 15.6. The zero-order chi connectivity index (χ0) is 15.5. The third-order valence-corrected chi connectivity index (χ3v) is 3.00. The maximum absolute atomic E-state index is 5.36. The summed E-state index contributed by atoms with van der Waals surface area (Å²) >= 11 is 0. The lowest BCUT2D eigenvalue weighted by molar-refractivity contribution is 0.203. The van der Waals surface area contributed by atoms with Crippen molar-refractivity contribution >= 4 is 5.96 Å². The minimum Gasteiger partial charge on any atom is -0.497 e. The molecule has 0 radical (unpaired) electrons. The van der Waals surface area contributed by atoms with Gasteiger partial charge in [0.15, 0.2) is 5.96 Å². The van der Waals surface area contributed by atoms with Crippen molar-refractivity contribution in [3.8, 4) is 11.5 Å². The van der Waals surface area contributed by atoms with Crippen LogP contribution in [0.3, 0.4) is 0 Å². The number of nitrogens with one attached hydrogen (secondary N) is 2. The van der Waals surface area contributed by atoms with E-state index in [-0.39, 0.29) is 0 Å². The molecule has 0 bridgehead atoms. The quantitative estimate of drug-likeness (QED) is 0.426. The van der Waals surface area contributed by atoms with Gasteiger partial charge < -0.3 is 24.8 Å². The Labute approximate surface area is 126 Å². The van der Waals surface area contributed by atoms with Crippen molar-refractivity contribution < 1.29 is 14.2 Å². The van der Waals surface area contributed by atoms with Crippen molar-refractivity contribution in [3.63, 3.8) is 0 Å². The monoisotopic (exact) mass is 295 g/mol. The maximum atomic E-state index is 5.36. The van der Waals surface area contributed by atoms with Crippen molar-refractivity contribution in [2.75, 3.05) is 48.1 Å². The van der Waals surface area contributed by atoms with Crippen LogP contribution in [0.1, 0.15) is 5.56 Å².